The molecular weight excluding hydrogens is 300 g/mol. The first kappa shape index (κ1) is 15.7. The molecule has 22 heavy (non-hydrogen) atoms. The van der Waals surface area contributed by atoms with Gasteiger partial charge < -0.3 is 10.1 Å². The number of amides is 1. The number of hydrogen-bond donors (Lipinski definition) is 1. The molecule has 0 atom stereocenters. The molecule has 6 heteroatoms. The largest absolute Gasteiger partial charge is 0.484 e. The molecule has 0 unspecified atom stereocenters. The minimum Gasteiger partial charge on any atom is -0.484 e. The molecule has 0 saturated heterocycles. The number of carbonyl (C=O) groups excluding carboxylic acids is 2. The first-order chi connectivity index (χ1) is 10.5. The van der Waals surface area contributed by atoms with E-state index in [4.69, 9.17) is 4.74 Å². The Bertz CT molecular complexity index is 745. The number of ether oxygens (including phenoxy) is 1. The fraction of sp³-hybridized carbons (Fsp3) is 0.188. The molecule has 1 N–H and O–H groups in total. The van der Waals surface area contributed by atoms with Crippen molar-refractivity contribution >= 4 is 28.0 Å². The average molecular weight is 314 g/mol. The number of nitrogens with one attached hydrogen (secondary N) is 1. The van der Waals surface area contributed by atoms with E-state index in [1.165, 1.54) is 6.92 Å². The summed E-state index contributed by atoms with van der Waals surface area (Å²) < 4.78 is 5.34. The summed E-state index contributed by atoms with van der Waals surface area (Å²) in [5, 5.41) is 12.2. The molecule has 0 bridgehead atoms. The van der Waals surface area contributed by atoms with Crippen LogP contribution in [0.1, 0.15) is 27.7 Å². The molecule has 0 saturated carbocycles. The van der Waals surface area contributed by atoms with E-state index in [1.54, 1.807) is 19.1 Å². The number of hydrogen-bond acceptors (Lipinski definition) is 5. The molecule has 0 aliphatic rings. The van der Waals surface area contributed by atoms with Crippen molar-refractivity contribution in [3.63, 3.8) is 0 Å². The van der Waals surface area contributed by atoms with E-state index in [9.17, 15) is 14.9 Å². The van der Waals surface area contributed by atoms with Crippen LogP contribution in [-0.4, -0.2) is 18.3 Å². The zero-order valence-corrected chi connectivity index (χ0v) is 13.0. The van der Waals surface area contributed by atoms with Gasteiger partial charge in [0.15, 0.2) is 12.4 Å². The zero-order valence-electron chi connectivity index (χ0n) is 12.2. The number of carbonyl (C=O) groups is 2. The molecule has 1 heterocycles. The monoisotopic (exact) mass is 314 g/mol. The SMILES string of the molecule is CC(=O)c1sc(NC(=O)COc2ccccc2)c(C#N)c1C. The highest BCUT2D eigenvalue weighted by Gasteiger charge is 2.19. The third kappa shape index (κ3) is 3.51. The number of thiophene rings is 1. The van der Waals surface area contributed by atoms with Crippen molar-refractivity contribution < 1.29 is 14.3 Å². The molecule has 1 aromatic carbocycles. The van der Waals surface area contributed by atoms with Crippen molar-refractivity contribution in [3.05, 3.63) is 46.3 Å². The van der Waals surface area contributed by atoms with Crippen molar-refractivity contribution in [1.29, 1.82) is 5.26 Å². The Balaban J connectivity index is 2.07. The van der Waals surface area contributed by atoms with Gasteiger partial charge >= 0.3 is 0 Å². The van der Waals surface area contributed by atoms with Gasteiger partial charge in [-0.3, -0.25) is 9.59 Å². The lowest BCUT2D eigenvalue weighted by molar-refractivity contribution is -0.118. The number of para-hydroxylation sites is 1. The summed E-state index contributed by atoms with van der Waals surface area (Å²) in [5.41, 5.74) is 0.919. The molecular formula is C16H14N2O3S. The quantitative estimate of drug-likeness (QED) is 0.860. The molecule has 0 spiro atoms. The van der Waals surface area contributed by atoms with E-state index in [-0.39, 0.29) is 18.3 Å². The molecule has 2 aromatic rings. The van der Waals surface area contributed by atoms with Gasteiger partial charge in [0.1, 0.15) is 16.8 Å². The topological polar surface area (TPSA) is 79.2 Å². The number of benzene rings is 1. The maximum atomic E-state index is 11.9. The Morgan fingerprint density at radius 2 is 2.00 bits per heavy atom. The van der Waals surface area contributed by atoms with Crippen LogP contribution in [0.25, 0.3) is 0 Å². The number of nitriles is 1. The molecule has 0 fully saturated rings. The Morgan fingerprint density at radius 3 is 2.59 bits per heavy atom. The third-order valence-electron chi connectivity index (χ3n) is 2.94. The highest BCUT2D eigenvalue weighted by molar-refractivity contribution is 7.18. The lowest BCUT2D eigenvalue weighted by atomic mass is 10.1. The summed E-state index contributed by atoms with van der Waals surface area (Å²) in [6.45, 7) is 2.97. The number of nitrogens with zero attached hydrogens (tertiary/aromatic N) is 1. The normalized spacial score (nSPS) is 9.86. The summed E-state index contributed by atoms with van der Waals surface area (Å²) >= 11 is 1.11. The summed E-state index contributed by atoms with van der Waals surface area (Å²) in [4.78, 5) is 23.9. The van der Waals surface area contributed by atoms with E-state index in [1.807, 2.05) is 24.3 Å². The maximum Gasteiger partial charge on any atom is 0.262 e. The van der Waals surface area contributed by atoms with Crippen molar-refractivity contribution in [1.82, 2.24) is 0 Å². The van der Waals surface area contributed by atoms with Crippen LogP contribution < -0.4 is 10.1 Å². The van der Waals surface area contributed by atoms with Crippen LogP contribution >= 0.6 is 11.3 Å². The third-order valence-corrected chi connectivity index (χ3v) is 4.25. The lowest BCUT2D eigenvalue weighted by Crippen LogP contribution is -2.20. The first-order valence-electron chi connectivity index (χ1n) is 6.55. The number of anilines is 1. The zero-order chi connectivity index (χ0) is 16.1. The van der Waals surface area contributed by atoms with Crippen LogP contribution in [0.4, 0.5) is 5.00 Å². The van der Waals surface area contributed by atoms with Crippen LogP contribution in [0.5, 0.6) is 5.75 Å². The Kier molecular flexibility index (Phi) is 4.92. The second-order valence-electron chi connectivity index (χ2n) is 4.58. The van der Waals surface area contributed by atoms with E-state index in [0.717, 1.165) is 11.3 Å². The predicted molar refractivity (Wildman–Crippen MR) is 84.3 cm³/mol. The minimum atomic E-state index is -0.378. The molecule has 2 rings (SSSR count). The predicted octanol–water partition coefficient (Wildman–Crippen LogP) is 3.15. The van der Waals surface area contributed by atoms with Gasteiger partial charge in [0.05, 0.1) is 10.4 Å². The summed E-state index contributed by atoms with van der Waals surface area (Å²) in [6.07, 6.45) is 0. The van der Waals surface area contributed by atoms with Gasteiger partial charge in [0.2, 0.25) is 0 Å². The summed E-state index contributed by atoms with van der Waals surface area (Å²) in [6, 6.07) is 11.0. The highest BCUT2D eigenvalue weighted by atomic mass is 32.1. The molecule has 5 nitrogen and oxygen atoms in total. The van der Waals surface area contributed by atoms with Crippen LogP contribution in [0.2, 0.25) is 0 Å². The summed E-state index contributed by atoms with van der Waals surface area (Å²) in [7, 11) is 0. The number of ketones is 1. The Hall–Kier alpha value is -2.65. The van der Waals surface area contributed by atoms with Gasteiger partial charge in [0.25, 0.3) is 5.91 Å². The van der Waals surface area contributed by atoms with Gasteiger partial charge in [-0.2, -0.15) is 5.26 Å². The van der Waals surface area contributed by atoms with Crippen LogP contribution in [0.3, 0.4) is 0 Å². The van der Waals surface area contributed by atoms with Crippen LogP contribution in [0.15, 0.2) is 30.3 Å². The van der Waals surface area contributed by atoms with Gasteiger partial charge in [-0.1, -0.05) is 18.2 Å². The van der Waals surface area contributed by atoms with Crippen molar-refractivity contribution in [2.45, 2.75) is 13.8 Å². The Labute approximate surface area is 132 Å². The van der Waals surface area contributed by atoms with E-state index >= 15 is 0 Å². The molecule has 112 valence electrons. The van der Waals surface area contributed by atoms with E-state index < -0.39 is 0 Å². The number of rotatable bonds is 5. The van der Waals surface area contributed by atoms with Gasteiger partial charge in [-0.15, -0.1) is 11.3 Å². The fourth-order valence-electron chi connectivity index (χ4n) is 1.90. The second-order valence-corrected chi connectivity index (χ2v) is 5.60. The highest BCUT2D eigenvalue weighted by Crippen LogP contribution is 2.32. The van der Waals surface area contributed by atoms with E-state index in [0.29, 0.717) is 26.8 Å². The van der Waals surface area contributed by atoms with Crippen LogP contribution in [-0.2, 0) is 4.79 Å². The maximum absolute atomic E-state index is 11.9. The van der Waals surface area contributed by atoms with Crippen molar-refractivity contribution in [2.75, 3.05) is 11.9 Å². The molecule has 0 aliphatic heterocycles. The molecule has 1 aromatic heterocycles. The molecule has 0 radical (unpaired) electrons. The van der Waals surface area contributed by atoms with E-state index in [2.05, 4.69) is 5.32 Å². The van der Waals surface area contributed by atoms with Crippen LogP contribution in [0, 0.1) is 18.3 Å². The average Bonchev–Trinajstić information content (AvgIpc) is 2.82. The molecule has 0 aliphatic carbocycles. The summed E-state index contributed by atoms with van der Waals surface area (Å²) in [5.74, 6) is 0.0849. The van der Waals surface area contributed by atoms with Gasteiger partial charge in [0, 0.05) is 0 Å². The Morgan fingerprint density at radius 1 is 1.32 bits per heavy atom. The van der Waals surface area contributed by atoms with Gasteiger partial charge in [-0.25, -0.2) is 0 Å². The van der Waals surface area contributed by atoms with Gasteiger partial charge in [-0.05, 0) is 31.5 Å². The minimum absolute atomic E-state index is 0.125. The van der Waals surface area contributed by atoms with Crippen molar-refractivity contribution in [3.8, 4) is 11.8 Å². The smallest absolute Gasteiger partial charge is 0.262 e. The first-order valence-corrected chi connectivity index (χ1v) is 7.36. The fourth-order valence-corrected chi connectivity index (χ4v) is 2.97. The lowest BCUT2D eigenvalue weighted by Gasteiger charge is -2.06. The molecule has 1 amide bonds. The second kappa shape index (κ2) is 6.87. The van der Waals surface area contributed by atoms with Crippen molar-refractivity contribution in [2.24, 2.45) is 0 Å². The number of Topliss-reactive ketones (excluding diaryl/α,β-unsaturated/α-hetero) is 1. The standard InChI is InChI=1S/C16H14N2O3S/c1-10-13(8-17)16(22-15(10)11(2)19)18-14(20)9-21-12-6-4-3-5-7-12/h3-7H,9H2,1-2H3,(H,18,20).